The second-order valence-electron chi connectivity index (χ2n) is 12.8. The molecule has 0 heterocycles. The maximum Gasteiger partial charge on any atom is 0.362 e. The van der Waals surface area contributed by atoms with Crippen LogP contribution in [0.4, 0.5) is 0 Å². The highest BCUT2D eigenvalue weighted by molar-refractivity contribution is 5.72. The van der Waals surface area contributed by atoms with E-state index in [0.29, 0.717) is 19.3 Å². The summed E-state index contributed by atoms with van der Waals surface area (Å²) < 4.78 is 17.0. The van der Waals surface area contributed by atoms with Crippen molar-refractivity contribution >= 4 is 17.9 Å². The molecular weight excluding hydrogens is 534 g/mol. The van der Waals surface area contributed by atoms with Gasteiger partial charge in [-0.1, -0.05) is 117 Å². The summed E-state index contributed by atoms with van der Waals surface area (Å²) >= 11 is 0. The smallest absolute Gasteiger partial charge is 0.362 e. The number of nitrogens with zero attached hydrogens (tertiary/aromatic N) is 1. The third kappa shape index (κ3) is 24.9. The van der Waals surface area contributed by atoms with Crippen LogP contribution in [0.15, 0.2) is 0 Å². The fourth-order valence-corrected chi connectivity index (χ4v) is 5.03. The van der Waals surface area contributed by atoms with Gasteiger partial charge in [-0.05, 0) is 12.8 Å². The van der Waals surface area contributed by atoms with Gasteiger partial charge < -0.3 is 23.8 Å². The number of carboxylic acid groups (broad SMARTS) is 1. The van der Waals surface area contributed by atoms with E-state index in [-0.39, 0.29) is 36.2 Å². The van der Waals surface area contributed by atoms with Gasteiger partial charge in [-0.2, -0.15) is 0 Å². The van der Waals surface area contributed by atoms with Gasteiger partial charge in [-0.25, -0.2) is 4.79 Å². The van der Waals surface area contributed by atoms with Gasteiger partial charge in [0.05, 0.1) is 34.4 Å². The van der Waals surface area contributed by atoms with Gasteiger partial charge in [0.2, 0.25) is 0 Å². The minimum atomic E-state index is -0.875. The number of carbonyl (C=O) groups excluding carboxylic acids is 2. The number of hydrogen-bond donors (Lipinski definition) is 1. The number of unbranched alkanes of at least 4 members (excludes halogenated alkanes) is 16. The Bertz CT molecular complexity index is 677. The Morgan fingerprint density at radius 3 is 1.48 bits per heavy atom. The molecule has 1 N–H and O–H groups in total. The van der Waals surface area contributed by atoms with Crippen molar-refractivity contribution in [3.05, 3.63) is 0 Å². The van der Waals surface area contributed by atoms with Crippen molar-refractivity contribution in [2.75, 3.05) is 41.0 Å². The highest BCUT2D eigenvalue weighted by Crippen LogP contribution is 2.14. The zero-order valence-electron chi connectivity index (χ0n) is 28.0. The van der Waals surface area contributed by atoms with Crippen molar-refractivity contribution < 1.29 is 38.2 Å². The molecule has 0 bridgehead atoms. The Labute approximate surface area is 257 Å². The van der Waals surface area contributed by atoms with Crippen LogP contribution in [0.3, 0.4) is 0 Å². The maximum atomic E-state index is 12.5. The largest absolute Gasteiger partial charge is 0.477 e. The number of esters is 2. The van der Waals surface area contributed by atoms with Crippen molar-refractivity contribution in [2.24, 2.45) is 0 Å². The van der Waals surface area contributed by atoms with E-state index in [9.17, 15) is 19.5 Å². The Balaban J connectivity index is 4.37. The summed E-state index contributed by atoms with van der Waals surface area (Å²) in [5.41, 5.74) is 0. The molecule has 248 valence electrons. The molecule has 2 atom stereocenters. The predicted molar refractivity (Wildman–Crippen MR) is 169 cm³/mol. The molecule has 0 spiro atoms. The van der Waals surface area contributed by atoms with E-state index in [2.05, 4.69) is 13.8 Å². The minimum absolute atomic E-state index is 0.0458. The SMILES string of the molecule is CCCCCCCCCCCCCCCC(=O)OC(COCCC(C(=O)O)[N+](C)(C)C)COC(=O)CCCCCCC. The average molecular weight is 601 g/mol. The van der Waals surface area contributed by atoms with Crippen LogP contribution in [0.25, 0.3) is 0 Å². The first-order valence-electron chi connectivity index (χ1n) is 17.1. The molecule has 8 nitrogen and oxygen atoms in total. The second kappa shape index (κ2) is 26.9. The zero-order chi connectivity index (χ0) is 31.5. The Morgan fingerprint density at radius 1 is 0.619 bits per heavy atom. The normalized spacial score (nSPS) is 13.1. The Kier molecular flexibility index (Phi) is 25.8. The van der Waals surface area contributed by atoms with Crippen LogP contribution in [-0.2, 0) is 28.6 Å². The van der Waals surface area contributed by atoms with Gasteiger partial charge in [-0.15, -0.1) is 0 Å². The Morgan fingerprint density at radius 2 is 1.05 bits per heavy atom. The number of ether oxygens (including phenoxy) is 3. The van der Waals surface area contributed by atoms with Crippen LogP contribution in [0, 0.1) is 0 Å². The summed E-state index contributed by atoms with van der Waals surface area (Å²) in [6.07, 6.45) is 21.7. The molecule has 0 aliphatic heterocycles. The molecule has 0 rings (SSSR count). The van der Waals surface area contributed by atoms with Crippen molar-refractivity contribution in [1.82, 2.24) is 0 Å². The minimum Gasteiger partial charge on any atom is -0.477 e. The van der Waals surface area contributed by atoms with E-state index in [1.807, 2.05) is 21.1 Å². The first kappa shape index (κ1) is 40.3. The van der Waals surface area contributed by atoms with Gasteiger partial charge in [0.15, 0.2) is 12.1 Å². The molecule has 0 radical (unpaired) electrons. The quantitative estimate of drug-likeness (QED) is 0.0509. The van der Waals surface area contributed by atoms with E-state index >= 15 is 0 Å². The molecule has 8 heteroatoms. The van der Waals surface area contributed by atoms with Gasteiger partial charge in [0, 0.05) is 19.3 Å². The zero-order valence-corrected chi connectivity index (χ0v) is 28.0. The fraction of sp³-hybridized carbons (Fsp3) is 0.912. The van der Waals surface area contributed by atoms with Gasteiger partial charge in [-0.3, -0.25) is 9.59 Å². The third-order valence-electron chi connectivity index (χ3n) is 7.76. The highest BCUT2D eigenvalue weighted by atomic mass is 16.6. The average Bonchev–Trinajstić information content (AvgIpc) is 2.92. The molecule has 0 aliphatic carbocycles. The molecule has 0 saturated heterocycles. The lowest BCUT2D eigenvalue weighted by molar-refractivity contribution is -0.887. The molecular formula is C34H66NO7+. The van der Waals surface area contributed by atoms with E-state index in [0.717, 1.165) is 44.9 Å². The number of rotatable bonds is 30. The van der Waals surface area contributed by atoms with Crippen LogP contribution in [0.1, 0.15) is 149 Å². The van der Waals surface area contributed by atoms with Crippen LogP contribution in [-0.4, -0.2) is 80.6 Å². The summed E-state index contributed by atoms with van der Waals surface area (Å²) in [6.45, 7) is 4.64. The maximum absolute atomic E-state index is 12.5. The van der Waals surface area contributed by atoms with Gasteiger partial charge >= 0.3 is 17.9 Å². The number of hydrogen-bond acceptors (Lipinski definition) is 6. The monoisotopic (exact) mass is 600 g/mol. The molecule has 0 saturated carbocycles. The van der Waals surface area contributed by atoms with E-state index in [4.69, 9.17) is 14.2 Å². The predicted octanol–water partition coefficient (Wildman–Crippen LogP) is 7.85. The van der Waals surface area contributed by atoms with Gasteiger partial charge in [0.25, 0.3) is 0 Å². The summed E-state index contributed by atoms with van der Waals surface area (Å²) in [5, 5.41) is 9.52. The number of carbonyl (C=O) groups is 3. The number of aliphatic carboxylic acids is 1. The standard InChI is InChI=1S/C34H65NO7/c1-6-8-10-12-13-14-15-16-17-18-19-21-23-25-33(37)42-30(29-41-32(36)24-22-20-11-9-7-2)28-40-27-26-31(34(38)39)35(3,4)5/h30-31H,6-29H2,1-5H3/p+1. The summed E-state index contributed by atoms with van der Waals surface area (Å²) in [5.74, 6) is -1.48. The van der Waals surface area contributed by atoms with E-state index in [1.54, 1.807) is 0 Å². The summed E-state index contributed by atoms with van der Waals surface area (Å²) in [6, 6.07) is -0.605. The molecule has 0 aliphatic rings. The number of carboxylic acids is 1. The molecule has 0 fully saturated rings. The molecule has 42 heavy (non-hydrogen) atoms. The summed E-state index contributed by atoms with van der Waals surface area (Å²) in [4.78, 5) is 36.4. The molecule has 0 aromatic carbocycles. The molecule has 2 unspecified atom stereocenters. The molecule has 0 amide bonds. The van der Waals surface area contributed by atoms with Crippen LogP contribution in [0.2, 0.25) is 0 Å². The van der Waals surface area contributed by atoms with Crippen molar-refractivity contribution in [3.63, 3.8) is 0 Å². The highest BCUT2D eigenvalue weighted by Gasteiger charge is 2.31. The summed E-state index contributed by atoms with van der Waals surface area (Å²) in [7, 11) is 5.50. The number of quaternary nitrogens is 1. The van der Waals surface area contributed by atoms with Crippen molar-refractivity contribution in [1.29, 1.82) is 0 Å². The third-order valence-corrected chi connectivity index (χ3v) is 7.76. The van der Waals surface area contributed by atoms with Crippen molar-refractivity contribution in [2.45, 2.75) is 161 Å². The first-order valence-corrected chi connectivity index (χ1v) is 17.1. The lowest BCUT2D eigenvalue weighted by atomic mass is 10.0. The fourth-order valence-electron chi connectivity index (χ4n) is 5.03. The first-order chi connectivity index (χ1) is 20.1. The van der Waals surface area contributed by atoms with Crippen molar-refractivity contribution in [3.8, 4) is 0 Å². The Hall–Kier alpha value is -1.67. The molecule has 0 aromatic heterocycles. The second-order valence-corrected chi connectivity index (χ2v) is 12.8. The van der Waals surface area contributed by atoms with E-state index < -0.39 is 18.1 Å². The number of likely N-dealkylation sites (N-methyl/N-ethyl adjacent to an activating group) is 1. The molecule has 0 aromatic rings. The van der Waals surface area contributed by atoms with Crippen LogP contribution < -0.4 is 0 Å². The van der Waals surface area contributed by atoms with E-state index in [1.165, 1.54) is 70.6 Å². The topological polar surface area (TPSA) is 99.1 Å². The van der Waals surface area contributed by atoms with Crippen LogP contribution >= 0.6 is 0 Å². The lowest BCUT2D eigenvalue weighted by Crippen LogP contribution is -2.50. The van der Waals surface area contributed by atoms with Gasteiger partial charge in [0.1, 0.15) is 6.61 Å². The lowest BCUT2D eigenvalue weighted by Gasteiger charge is -2.31. The van der Waals surface area contributed by atoms with Crippen LogP contribution in [0.5, 0.6) is 0 Å².